The maximum atomic E-state index is 13.7. The molecule has 6 heteroatoms. The number of alkyl halides is 1. The molecule has 0 amide bonds. The van der Waals surface area contributed by atoms with Crippen molar-refractivity contribution in [2.45, 2.75) is 65.7 Å². The van der Waals surface area contributed by atoms with Crippen LogP contribution in [0.3, 0.4) is 0 Å². The van der Waals surface area contributed by atoms with Crippen molar-refractivity contribution >= 4 is 7.12 Å². The van der Waals surface area contributed by atoms with Crippen LogP contribution in [0.2, 0.25) is 0 Å². The fraction of sp³-hybridized carbons (Fsp3) is 0.706. The molecule has 2 heterocycles. The fourth-order valence-electron chi connectivity index (χ4n) is 1.95. The number of ether oxygens (including phenoxy) is 1. The Hall–Kier alpha value is -1.14. The van der Waals surface area contributed by atoms with E-state index in [0.29, 0.717) is 5.88 Å². The topological polar surface area (TPSA) is 40.6 Å². The van der Waals surface area contributed by atoms with E-state index in [1.165, 1.54) is 5.56 Å². The van der Waals surface area contributed by atoms with E-state index in [-0.39, 0.29) is 5.92 Å². The number of hydrogen-bond acceptors (Lipinski definition) is 4. The van der Waals surface area contributed by atoms with Gasteiger partial charge in [-0.2, -0.15) is 0 Å². The van der Waals surface area contributed by atoms with Gasteiger partial charge >= 0.3 is 7.12 Å². The first kappa shape index (κ1) is 19.9. The maximum Gasteiger partial charge on any atom is 0.494 e. The van der Waals surface area contributed by atoms with Gasteiger partial charge in [-0.15, -0.1) is 0 Å². The molecule has 1 aliphatic rings. The summed E-state index contributed by atoms with van der Waals surface area (Å²) in [6, 6.07) is 3.82. The summed E-state index contributed by atoms with van der Waals surface area (Å²) in [5.74, 6) is 0.597. The van der Waals surface area contributed by atoms with Crippen molar-refractivity contribution in [2.24, 2.45) is 5.92 Å². The van der Waals surface area contributed by atoms with E-state index < -0.39 is 24.4 Å². The van der Waals surface area contributed by atoms with Gasteiger partial charge in [-0.25, -0.2) is 4.98 Å². The van der Waals surface area contributed by atoms with Crippen LogP contribution in [0.5, 0.6) is 5.88 Å². The summed E-state index contributed by atoms with van der Waals surface area (Å²) in [6.07, 6.45) is 0.671. The third-order valence-electron chi connectivity index (χ3n) is 4.27. The third kappa shape index (κ3) is 5.18. The molecular weight excluding hydrogens is 296 g/mol. The molecule has 0 spiro atoms. The summed E-state index contributed by atoms with van der Waals surface area (Å²) < 4.78 is 29.7. The lowest BCUT2D eigenvalue weighted by Crippen LogP contribution is -2.41. The number of aromatic nitrogens is 1. The van der Waals surface area contributed by atoms with E-state index in [0.717, 1.165) is 0 Å². The molecule has 1 saturated heterocycles. The summed E-state index contributed by atoms with van der Waals surface area (Å²) in [4.78, 5) is 3.94. The second-order valence-corrected chi connectivity index (χ2v) is 7.19. The van der Waals surface area contributed by atoms with Crippen molar-refractivity contribution in [3.05, 3.63) is 23.9 Å². The summed E-state index contributed by atoms with van der Waals surface area (Å²) >= 11 is 0. The summed E-state index contributed by atoms with van der Waals surface area (Å²) in [7, 11) is 0.891. The van der Waals surface area contributed by atoms with Crippen LogP contribution in [-0.4, -0.2) is 36.5 Å². The fourth-order valence-corrected chi connectivity index (χ4v) is 1.95. The molecule has 1 aromatic rings. The Morgan fingerprint density at radius 2 is 1.70 bits per heavy atom. The molecule has 2 rings (SSSR count). The van der Waals surface area contributed by atoms with Gasteiger partial charge in [0.15, 0.2) is 0 Å². The lowest BCUT2D eigenvalue weighted by atomic mass is 9.76. The van der Waals surface area contributed by atoms with Gasteiger partial charge in [0, 0.05) is 12.3 Å². The van der Waals surface area contributed by atoms with Gasteiger partial charge in [-0.3, -0.25) is 4.39 Å². The Balaban J connectivity index is 0.000000253. The largest absolute Gasteiger partial charge is 0.494 e. The van der Waals surface area contributed by atoms with Crippen LogP contribution in [0.4, 0.5) is 4.39 Å². The van der Waals surface area contributed by atoms with Gasteiger partial charge in [0.25, 0.3) is 0 Å². The normalized spacial score (nSPS) is 20.0. The molecule has 1 fully saturated rings. The van der Waals surface area contributed by atoms with Crippen molar-refractivity contribution in [2.75, 3.05) is 7.11 Å². The number of halogens is 1. The summed E-state index contributed by atoms with van der Waals surface area (Å²) in [6.45, 7) is 13.4. The minimum absolute atomic E-state index is 0.0790. The molecule has 0 N–H and O–H groups in total. The highest BCUT2D eigenvalue weighted by Gasteiger charge is 2.54. The number of rotatable bonds is 3. The molecule has 0 aliphatic carbocycles. The van der Waals surface area contributed by atoms with Gasteiger partial charge in [0.05, 0.1) is 18.3 Å². The molecule has 1 aliphatic heterocycles. The average Bonchev–Trinajstić information content (AvgIpc) is 2.67. The lowest BCUT2D eigenvalue weighted by molar-refractivity contribution is 0.00578. The van der Waals surface area contributed by atoms with Crippen LogP contribution >= 0.6 is 0 Å². The molecular formula is C17H29BFNO3. The minimum atomic E-state index is -1.06. The molecule has 0 aromatic carbocycles. The van der Waals surface area contributed by atoms with Gasteiger partial charge in [-0.05, 0) is 52.2 Å². The SMILES string of the molecule is CC(C)C(F)B1OC(C)(C)C(C)(C)O1.COc1cc(C)ccn1. The van der Waals surface area contributed by atoms with Crippen molar-refractivity contribution in [1.29, 1.82) is 0 Å². The van der Waals surface area contributed by atoms with E-state index in [9.17, 15) is 4.39 Å². The first-order chi connectivity index (χ1) is 10.5. The zero-order valence-electron chi connectivity index (χ0n) is 15.5. The van der Waals surface area contributed by atoms with Crippen LogP contribution in [0.25, 0.3) is 0 Å². The third-order valence-corrected chi connectivity index (χ3v) is 4.27. The molecule has 23 heavy (non-hydrogen) atoms. The Morgan fingerprint density at radius 1 is 1.17 bits per heavy atom. The Kier molecular flexibility index (Phi) is 6.60. The van der Waals surface area contributed by atoms with E-state index in [1.54, 1.807) is 13.3 Å². The number of hydrogen-bond donors (Lipinski definition) is 0. The van der Waals surface area contributed by atoms with Crippen LogP contribution < -0.4 is 4.74 Å². The molecule has 0 bridgehead atoms. The van der Waals surface area contributed by atoms with E-state index in [2.05, 4.69) is 4.98 Å². The van der Waals surface area contributed by atoms with Crippen LogP contribution in [0, 0.1) is 12.8 Å². The number of pyridine rings is 1. The van der Waals surface area contributed by atoms with Crippen LogP contribution in [0.1, 0.15) is 47.1 Å². The zero-order valence-corrected chi connectivity index (χ0v) is 15.5. The standard InChI is InChI=1S/C10H20BFO2.C7H9NO/c1-7(2)8(12)11-13-9(3,4)10(5,6)14-11;1-6-3-4-8-7(5-6)9-2/h7-8H,1-6H3;3-5H,1-2H3. The Labute approximate surface area is 139 Å². The first-order valence-electron chi connectivity index (χ1n) is 7.96. The highest BCUT2D eigenvalue weighted by Crippen LogP contribution is 2.38. The number of nitrogens with zero attached hydrogens (tertiary/aromatic N) is 1. The number of methoxy groups -OCH3 is 1. The molecule has 130 valence electrons. The van der Waals surface area contributed by atoms with Gasteiger partial charge in [0.2, 0.25) is 5.88 Å². The predicted octanol–water partition coefficient (Wildman–Crippen LogP) is 4.01. The van der Waals surface area contributed by atoms with Crippen molar-refractivity contribution in [1.82, 2.24) is 4.98 Å². The monoisotopic (exact) mass is 325 g/mol. The maximum absolute atomic E-state index is 13.7. The van der Waals surface area contributed by atoms with Crippen molar-refractivity contribution < 1.29 is 18.4 Å². The minimum Gasteiger partial charge on any atom is -0.481 e. The number of aryl methyl sites for hydroxylation is 1. The lowest BCUT2D eigenvalue weighted by Gasteiger charge is -2.32. The Bertz CT molecular complexity index is 492. The zero-order chi connectivity index (χ0) is 17.8. The highest BCUT2D eigenvalue weighted by atomic mass is 19.1. The molecule has 0 radical (unpaired) electrons. The molecule has 4 nitrogen and oxygen atoms in total. The van der Waals surface area contributed by atoms with Gasteiger partial charge in [-0.1, -0.05) is 13.8 Å². The van der Waals surface area contributed by atoms with Gasteiger partial charge < -0.3 is 14.0 Å². The molecule has 1 atom stereocenters. The smallest absolute Gasteiger partial charge is 0.481 e. The highest BCUT2D eigenvalue weighted by molar-refractivity contribution is 6.47. The van der Waals surface area contributed by atoms with Crippen molar-refractivity contribution in [3.63, 3.8) is 0 Å². The summed E-state index contributed by atoms with van der Waals surface area (Å²) in [5, 5.41) is 0. The van der Waals surface area contributed by atoms with Crippen LogP contribution in [-0.2, 0) is 9.31 Å². The van der Waals surface area contributed by atoms with Crippen LogP contribution in [0.15, 0.2) is 18.3 Å². The molecule has 1 aromatic heterocycles. The molecule has 1 unspecified atom stereocenters. The Morgan fingerprint density at radius 3 is 2.04 bits per heavy atom. The first-order valence-corrected chi connectivity index (χ1v) is 7.96. The van der Waals surface area contributed by atoms with E-state index in [4.69, 9.17) is 14.0 Å². The average molecular weight is 325 g/mol. The quantitative estimate of drug-likeness (QED) is 0.787. The molecule has 0 saturated carbocycles. The second-order valence-electron chi connectivity index (χ2n) is 7.19. The van der Waals surface area contributed by atoms with E-state index in [1.807, 2.05) is 60.6 Å². The van der Waals surface area contributed by atoms with E-state index >= 15 is 0 Å². The predicted molar refractivity (Wildman–Crippen MR) is 91.3 cm³/mol. The van der Waals surface area contributed by atoms with Gasteiger partial charge in [0.1, 0.15) is 6.07 Å². The summed E-state index contributed by atoms with van der Waals surface area (Å²) in [5.41, 5.74) is 0.301. The van der Waals surface area contributed by atoms with Crippen molar-refractivity contribution in [3.8, 4) is 5.88 Å². The second kappa shape index (κ2) is 7.62.